The molecule has 4 aromatic carbocycles. The average Bonchev–Trinajstić information content (AvgIpc) is 3.12. The van der Waals surface area contributed by atoms with Crippen LogP contribution in [0.4, 0.5) is 0 Å². The number of aromatic nitrogens is 2. The molecule has 1 aliphatic rings. The first kappa shape index (κ1) is 25.3. The third-order valence-electron chi connectivity index (χ3n) is 7.42. The fourth-order valence-electron chi connectivity index (χ4n) is 5.77. The molecular weight excluding hydrogens is 629 g/mol. The van der Waals surface area contributed by atoms with E-state index in [1.807, 2.05) is 42.7 Å². The monoisotopic (exact) mass is 657 g/mol. The Bertz CT molecular complexity index is 1790. The summed E-state index contributed by atoms with van der Waals surface area (Å²) in [5.41, 5.74) is 9.70. The van der Waals surface area contributed by atoms with Gasteiger partial charge in [-0.25, -0.2) is 0 Å². The number of benzene rings is 4. The molecule has 6 aromatic rings. The standard InChI is InChI=1S/C22H18N.C12H10N.Ir/c1-12-10-13(2)18-14-6-5-7-16-19(14)20-17(22(16,3)4)8-9-23-21(20)15(18)11-12;1-10-7-8-13-12(9-10)11-5-3-2-4-6-11;/h5-10H,1-4H3;2-5,7-9H,1H3;/q2*-1;. The molecule has 0 bridgehead atoms. The Morgan fingerprint density at radius 1 is 0.757 bits per heavy atom. The zero-order valence-electron chi connectivity index (χ0n) is 21.7. The van der Waals surface area contributed by atoms with Crippen molar-refractivity contribution in [2.75, 3.05) is 0 Å². The van der Waals surface area contributed by atoms with E-state index in [9.17, 15) is 0 Å². The number of hydrogen-bond donors (Lipinski definition) is 0. The summed E-state index contributed by atoms with van der Waals surface area (Å²) < 4.78 is 0. The van der Waals surface area contributed by atoms with E-state index in [4.69, 9.17) is 4.98 Å². The fourth-order valence-corrected chi connectivity index (χ4v) is 5.77. The summed E-state index contributed by atoms with van der Waals surface area (Å²) in [4.78, 5) is 9.05. The van der Waals surface area contributed by atoms with Crippen LogP contribution in [0.25, 0.3) is 43.7 Å². The first-order chi connectivity index (χ1) is 17.4. The van der Waals surface area contributed by atoms with Crippen molar-refractivity contribution in [2.45, 2.75) is 40.0 Å². The summed E-state index contributed by atoms with van der Waals surface area (Å²) >= 11 is 0. The molecule has 1 aliphatic carbocycles. The molecule has 37 heavy (non-hydrogen) atoms. The maximum absolute atomic E-state index is 4.77. The van der Waals surface area contributed by atoms with Crippen LogP contribution in [0.2, 0.25) is 0 Å². The number of nitrogens with zero attached hydrogens (tertiary/aromatic N) is 2. The van der Waals surface area contributed by atoms with Crippen molar-refractivity contribution in [3.8, 4) is 11.3 Å². The van der Waals surface area contributed by atoms with E-state index in [1.54, 1.807) is 0 Å². The number of pyridine rings is 2. The van der Waals surface area contributed by atoms with E-state index in [2.05, 4.69) is 88.1 Å². The van der Waals surface area contributed by atoms with E-state index >= 15 is 0 Å². The normalized spacial score (nSPS) is 13.0. The molecule has 185 valence electrons. The Labute approximate surface area is 232 Å². The van der Waals surface area contributed by atoms with Gasteiger partial charge in [0.1, 0.15) is 0 Å². The minimum Gasteiger partial charge on any atom is -0.305 e. The zero-order chi connectivity index (χ0) is 25.0. The van der Waals surface area contributed by atoms with Crippen LogP contribution in [0.3, 0.4) is 0 Å². The zero-order valence-corrected chi connectivity index (χ0v) is 24.1. The molecule has 0 N–H and O–H groups in total. The molecule has 2 aromatic heterocycles. The third kappa shape index (κ3) is 4.07. The largest absolute Gasteiger partial charge is 0.305 e. The van der Waals surface area contributed by atoms with Crippen molar-refractivity contribution in [3.05, 3.63) is 119 Å². The van der Waals surface area contributed by atoms with Gasteiger partial charge in [0.25, 0.3) is 0 Å². The quantitative estimate of drug-likeness (QED) is 0.131. The Balaban J connectivity index is 0.000000172. The Hall–Kier alpha value is -3.39. The predicted molar refractivity (Wildman–Crippen MR) is 150 cm³/mol. The number of rotatable bonds is 1. The van der Waals surface area contributed by atoms with Gasteiger partial charge in [0, 0.05) is 37.9 Å². The molecule has 1 radical (unpaired) electrons. The van der Waals surface area contributed by atoms with Crippen molar-refractivity contribution < 1.29 is 20.1 Å². The van der Waals surface area contributed by atoms with E-state index < -0.39 is 0 Å². The van der Waals surface area contributed by atoms with Gasteiger partial charge in [-0.15, -0.1) is 64.5 Å². The first-order valence-corrected chi connectivity index (χ1v) is 12.4. The molecule has 0 atom stereocenters. The van der Waals surface area contributed by atoms with Crippen LogP contribution in [0.5, 0.6) is 0 Å². The van der Waals surface area contributed by atoms with Crippen molar-refractivity contribution in [2.24, 2.45) is 0 Å². The molecule has 2 heterocycles. The summed E-state index contributed by atoms with van der Waals surface area (Å²) in [6.07, 6.45) is 3.79. The van der Waals surface area contributed by atoms with Gasteiger partial charge < -0.3 is 9.97 Å². The average molecular weight is 657 g/mol. The molecule has 0 spiro atoms. The Kier molecular flexibility index (Phi) is 6.48. The second-order valence-corrected chi connectivity index (χ2v) is 10.3. The molecule has 0 saturated heterocycles. The van der Waals surface area contributed by atoms with Crippen LogP contribution in [-0.2, 0) is 25.5 Å². The van der Waals surface area contributed by atoms with Gasteiger partial charge in [-0.3, -0.25) is 0 Å². The van der Waals surface area contributed by atoms with Gasteiger partial charge in [0.15, 0.2) is 0 Å². The van der Waals surface area contributed by atoms with Crippen LogP contribution in [0.15, 0.2) is 79.1 Å². The smallest absolute Gasteiger partial charge is 0.0164 e. The van der Waals surface area contributed by atoms with Crippen molar-refractivity contribution in [1.29, 1.82) is 0 Å². The molecule has 2 nitrogen and oxygen atoms in total. The van der Waals surface area contributed by atoms with Gasteiger partial charge in [-0.2, -0.15) is 0 Å². The molecule has 0 unspecified atom stereocenters. The summed E-state index contributed by atoms with van der Waals surface area (Å²) in [6, 6.07) is 29.8. The van der Waals surface area contributed by atoms with Crippen molar-refractivity contribution in [3.63, 3.8) is 0 Å². The molecular formula is C34H28IrN2-2. The maximum Gasteiger partial charge on any atom is 0.0164 e. The van der Waals surface area contributed by atoms with E-state index in [0.29, 0.717) is 0 Å². The minimum absolute atomic E-state index is 0. The van der Waals surface area contributed by atoms with E-state index in [0.717, 1.165) is 16.8 Å². The molecule has 0 aliphatic heterocycles. The molecule has 3 heteroatoms. The van der Waals surface area contributed by atoms with E-state index in [1.165, 1.54) is 54.7 Å². The van der Waals surface area contributed by atoms with Gasteiger partial charge in [0.2, 0.25) is 0 Å². The van der Waals surface area contributed by atoms with Crippen LogP contribution in [0, 0.1) is 32.9 Å². The van der Waals surface area contributed by atoms with Gasteiger partial charge in [0.05, 0.1) is 0 Å². The van der Waals surface area contributed by atoms with Gasteiger partial charge >= 0.3 is 0 Å². The molecule has 0 amide bonds. The van der Waals surface area contributed by atoms with Crippen molar-refractivity contribution in [1.82, 2.24) is 9.97 Å². The third-order valence-corrected chi connectivity index (χ3v) is 7.42. The first-order valence-electron chi connectivity index (χ1n) is 12.4. The molecule has 0 fully saturated rings. The van der Waals surface area contributed by atoms with Crippen LogP contribution < -0.4 is 0 Å². The summed E-state index contributed by atoms with van der Waals surface area (Å²) in [5.74, 6) is 0. The maximum atomic E-state index is 4.77. The molecule has 0 saturated carbocycles. The van der Waals surface area contributed by atoms with Gasteiger partial charge in [-0.1, -0.05) is 68.3 Å². The number of fused-ring (bicyclic) bond motifs is 3. The van der Waals surface area contributed by atoms with Crippen LogP contribution in [-0.4, -0.2) is 9.97 Å². The van der Waals surface area contributed by atoms with Crippen LogP contribution in [0.1, 0.15) is 41.7 Å². The summed E-state index contributed by atoms with van der Waals surface area (Å²) in [6.45, 7) is 11.0. The van der Waals surface area contributed by atoms with Gasteiger partial charge in [-0.05, 0) is 52.2 Å². The Morgan fingerprint density at radius 2 is 1.54 bits per heavy atom. The molecule has 7 rings (SSSR count). The summed E-state index contributed by atoms with van der Waals surface area (Å²) in [5, 5.41) is 6.54. The second kappa shape index (κ2) is 9.49. The SMILES string of the molecule is Cc1[c-]c2c3nccc4c3c3c(cccc3c2c(C)c1)C4(C)C.Cc1ccnc(-c2[c-]cccc2)c1.[Ir]. The number of hydrogen-bond acceptors (Lipinski definition) is 2. The minimum atomic E-state index is 0. The van der Waals surface area contributed by atoms with Crippen LogP contribution >= 0.6 is 0 Å². The second-order valence-electron chi connectivity index (χ2n) is 10.3. The topological polar surface area (TPSA) is 25.8 Å². The fraction of sp³-hybridized carbons (Fsp3) is 0.176. The van der Waals surface area contributed by atoms with E-state index in [-0.39, 0.29) is 25.5 Å². The van der Waals surface area contributed by atoms with Crippen molar-refractivity contribution >= 4 is 32.4 Å². The summed E-state index contributed by atoms with van der Waals surface area (Å²) in [7, 11) is 0. The number of aryl methyl sites for hydroxylation is 3. The Morgan fingerprint density at radius 3 is 2.30 bits per heavy atom. The predicted octanol–water partition coefficient (Wildman–Crippen LogP) is 8.45.